The van der Waals surface area contributed by atoms with Gasteiger partial charge in [-0.05, 0) is 24.7 Å². The van der Waals surface area contributed by atoms with Gasteiger partial charge in [-0.3, -0.25) is 4.84 Å². The number of sulfonamides is 1. The van der Waals surface area contributed by atoms with Crippen LogP contribution in [0.4, 0.5) is 0 Å². The second kappa shape index (κ2) is 5.47. The number of hydrogen-bond acceptors (Lipinski definition) is 3. The molecule has 0 atom stereocenters. The molecule has 1 rings (SSSR count). The molecule has 1 fully saturated rings. The van der Waals surface area contributed by atoms with Crippen LogP contribution in [0.15, 0.2) is 0 Å². The zero-order valence-corrected chi connectivity index (χ0v) is 11.3. The molecule has 0 heterocycles. The maximum absolute atomic E-state index is 11.6. The normalized spacial score (nSPS) is 19.2. The summed E-state index contributed by atoms with van der Waals surface area (Å²) < 4.78 is 23.2. The lowest BCUT2D eigenvalue weighted by molar-refractivity contribution is 0.0222. The van der Waals surface area contributed by atoms with E-state index in [-0.39, 0.29) is 17.3 Å². The van der Waals surface area contributed by atoms with E-state index in [0.717, 1.165) is 25.7 Å². The third-order valence-electron chi connectivity index (χ3n) is 2.76. The molecule has 0 spiro atoms. The third-order valence-corrected chi connectivity index (χ3v) is 3.86. The molecule has 1 saturated carbocycles. The van der Waals surface area contributed by atoms with E-state index in [1.54, 1.807) is 0 Å². The van der Waals surface area contributed by atoms with Gasteiger partial charge < -0.3 is 0 Å². The van der Waals surface area contributed by atoms with E-state index in [9.17, 15) is 8.42 Å². The van der Waals surface area contributed by atoms with Gasteiger partial charge in [-0.15, -0.1) is 0 Å². The number of rotatable bonds is 5. The largest absolute Gasteiger partial charge is 0.284 e. The lowest BCUT2D eigenvalue weighted by Crippen LogP contribution is -2.31. The van der Waals surface area contributed by atoms with Gasteiger partial charge in [0.25, 0.3) is 0 Å². The molecule has 0 radical (unpaired) electrons. The maximum Gasteiger partial charge on any atom is 0.233 e. The smallest absolute Gasteiger partial charge is 0.233 e. The highest BCUT2D eigenvalue weighted by Gasteiger charge is 2.21. The van der Waals surface area contributed by atoms with Crippen LogP contribution < -0.4 is 4.89 Å². The fourth-order valence-corrected chi connectivity index (χ4v) is 2.88. The molecule has 0 aromatic heterocycles. The molecule has 0 bridgehead atoms. The summed E-state index contributed by atoms with van der Waals surface area (Å²) >= 11 is 0. The summed E-state index contributed by atoms with van der Waals surface area (Å²) in [4.78, 5) is 7.44. The molecule has 1 aliphatic carbocycles. The summed E-state index contributed by atoms with van der Waals surface area (Å²) in [5.41, 5.74) is 0.0299. The topological polar surface area (TPSA) is 55.4 Å². The van der Waals surface area contributed by atoms with Crippen LogP contribution >= 0.6 is 0 Å². The summed E-state index contributed by atoms with van der Waals surface area (Å²) in [5, 5.41) is 0. The van der Waals surface area contributed by atoms with Crippen molar-refractivity contribution in [1.82, 2.24) is 4.89 Å². The molecular weight excluding hydrogens is 226 g/mol. The van der Waals surface area contributed by atoms with Crippen molar-refractivity contribution in [2.24, 2.45) is 5.41 Å². The molecule has 16 heavy (non-hydrogen) atoms. The van der Waals surface area contributed by atoms with Gasteiger partial charge in [-0.25, -0.2) is 8.42 Å². The Hall–Kier alpha value is -0.130. The lowest BCUT2D eigenvalue weighted by atomic mass is 9.94. The van der Waals surface area contributed by atoms with Gasteiger partial charge in [0.05, 0.1) is 11.9 Å². The Morgan fingerprint density at radius 2 is 1.81 bits per heavy atom. The van der Waals surface area contributed by atoms with Gasteiger partial charge in [0.1, 0.15) is 0 Å². The molecule has 5 heteroatoms. The molecule has 0 aliphatic heterocycles. The first-order valence-electron chi connectivity index (χ1n) is 5.94. The van der Waals surface area contributed by atoms with Crippen molar-refractivity contribution in [3.8, 4) is 0 Å². The molecule has 0 unspecified atom stereocenters. The van der Waals surface area contributed by atoms with Crippen molar-refractivity contribution in [3.05, 3.63) is 0 Å². The van der Waals surface area contributed by atoms with Crippen molar-refractivity contribution >= 4 is 10.0 Å². The summed E-state index contributed by atoms with van der Waals surface area (Å²) in [6.07, 6.45) is 4.90. The second-order valence-electron chi connectivity index (χ2n) is 5.74. The van der Waals surface area contributed by atoms with Gasteiger partial charge in [0.15, 0.2) is 0 Å². The maximum atomic E-state index is 11.6. The predicted molar refractivity (Wildman–Crippen MR) is 64.3 cm³/mol. The fraction of sp³-hybridized carbons (Fsp3) is 1.00. The average Bonchev–Trinajstić information content (AvgIpc) is 2.64. The standard InChI is InChI=1S/C11H23NO3S/c1-11(2,3)8-9-16(13,14)12-15-10-6-4-5-7-10/h10,12H,4-9H2,1-3H3. The number of nitrogens with one attached hydrogen (secondary N) is 1. The van der Waals surface area contributed by atoms with Gasteiger partial charge >= 0.3 is 0 Å². The van der Waals surface area contributed by atoms with Gasteiger partial charge in [-0.1, -0.05) is 38.5 Å². The molecule has 0 aromatic rings. The summed E-state index contributed by atoms with van der Waals surface area (Å²) in [7, 11) is -3.27. The van der Waals surface area contributed by atoms with E-state index >= 15 is 0 Å². The molecule has 1 N–H and O–H groups in total. The summed E-state index contributed by atoms with van der Waals surface area (Å²) in [5.74, 6) is 0.128. The van der Waals surface area contributed by atoms with Crippen LogP contribution in [0.1, 0.15) is 52.9 Å². The van der Waals surface area contributed by atoms with E-state index in [0.29, 0.717) is 6.42 Å². The van der Waals surface area contributed by atoms with E-state index < -0.39 is 10.0 Å². The second-order valence-corrected chi connectivity index (χ2v) is 7.54. The lowest BCUT2D eigenvalue weighted by Gasteiger charge is -2.18. The Morgan fingerprint density at radius 3 is 2.31 bits per heavy atom. The Balaban J connectivity index is 2.28. The Morgan fingerprint density at radius 1 is 1.25 bits per heavy atom. The fourth-order valence-electron chi connectivity index (χ4n) is 1.63. The van der Waals surface area contributed by atoms with E-state index in [4.69, 9.17) is 4.84 Å². The first-order valence-corrected chi connectivity index (χ1v) is 7.59. The third kappa shape index (κ3) is 5.82. The van der Waals surface area contributed by atoms with Gasteiger partial charge in [0, 0.05) is 0 Å². The number of hydrogen-bond donors (Lipinski definition) is 1. The highest BCUT2D eigenvalue weighted by atomic mass is 32.2. The minimum Gasteiger partial charge on any atom is -0.284 e. The molecule has 0 amide bonds. The molecule has 0 saturated heterocycles. The molecule has 96 valence electrons. The first-order chi connectivity index (χ1) is 7.29. The quantitative estimate of drug-likeness (QED) is 0.760. The highest BCUT2D eigenvalue weighted by molar-refractivity contribution is 7.89. The van der Waals surface area contributed by atoms with Gasteiger partial charge in [0.2, 0.25) is 10.0 Å². The minimum atomic E-state index is -3.27. The van der Waals surface area contributed by atoms with Crippen molar-refractivity contribution < 1.29 is 13.3 Å². The van der Waals surface area contributed by atoms with Crippen molar-refractivity contribution in [2.75, 3.05) is 5.75 Å². The van der Waals surface area contributed by atoms with Crippen LogP contribution in [0.5, 0.6) is 0 Å². The minimum absolute atomic E-state index is 0.0299. The first kappa shape index (κ1) is 13.9. The molecular formula is C11H23NO3S. The van der Waals surface area contributed by atoms with Crippen molar-refractivity contribution in [2.45, 2.75) is 59.0 Å². The Bertz CT molecular complexity index is 300. The zero-order valence-electron chi connectivity index (χ0n) is 10.5. The summed E-state index contributed by atoms with van der Waals surface area (Å²) in [6, 6.07) is 0. The summed E-state index contributed by atoms with van der Waals surface area (Å²) in [6.45, 7) is 6.08. The Kier molecular flexibility index (Phi) is 4.76. The van der Waals surface area contributed by atoms with E-state index in [1.807, 2.05) is 20.8 Å². The van der Waals surface area contributed by atoms with Gasteiger partial charge in [-0.2, -0.15) is 0 Å². The predicted octanol–water partition coefficient (Wildman–Crippen LogP) is 2.22. The van der Waals surface area contributed by atoms with Crippen LogP contribution in [0, 0.1) is 5.41 Å². The van der Waals surface area contributed by atoms with Crippen LogP contribution in [0.25, 0.3) is 0 Å². The van der Waals surface area contributed by atoms with E-state index in [2.05, 4.69) is 4.89 Å². The highest BCUT2D eigenvalue weighted by Crippen LogP contribution is 2.21. The van der Waals surface area contributed by atoms with Crippen molar-refractivity contribution in [1.29, 1.82) is 0 Å². The molecule has 0 aromatic carbocycles. The van der Waals surface area contributed by atoms with Crippen LogP contribution in [-0.4, -0.2) is 20.3 Å². The molecule has 4 nitrogen and oxygen atoms in total. The van der Waals surface area contributed by atoms with Crippen molar-refractivity contribution in [3.63, 3.8) is 0 Å². The average molecular weight is 249 g/mol. The van der Waals surface area contributed by atoms with Crippen LogP contribution in [0.3, 0.4) is 0 Å². The monoisotopic (exact) mass is 249 g/mol. The zero-order chi connectivity index (χ0) is 12.2. The van der Waals surface area contributed by atoms with E-state index in [1.165, 1.54) is 0 Å². The van der Waals surface area contributed by atoms with Crippen LogP contribution in [0.2, 0.25) is 0 Å². The SMILES string of the molecule is CC(C)(C)CCS(=O)(=O)NOC1CCCC1. The Labute approximate surface area is 98.8 Å². The molecule has 1 aliphatic rings. The van der Waals surface area contributed by atoms with Crippen LogP contribution in [-0.2, 0) is 14.9 Å².